The lowest BCUT2D eigenvalue weighted by molar-refractivity contribution is -0.137. The molecule has 1 aliphatic rings. The van der Waals surface area contributed by atoms with Crippen LogP contribution in [0.5, 0.6) is 0 Å². The summed E-state index contributed by atoms with van der Waals surface area (Å²) in [6, 6.07) is 7.07. The van der Waals surface area contributed by atoms with E-state index in [1.807, 2.05) is 0 Å². The summed E-state index contributed by atoms with van der Waals surface area (Å²) in [5.41, 5.74) is 2.82. The highest BCUT2D eigenvalue weighted by molar-refractivity contribution is 6.30. The Morgan fingerprint density at radius 1 is 1.19 bits per heavy atom. The Bertz CT molecular complexity index is 1350. The second-order valence-electron chi connectivity index (χ2n) is 8.30. The largest absolute Gasteiger partial charge is 0.418 e. The number of nitrogens with two attached hydrogens (primary N) is 1. The SMILES string of the molecule is NC(=O)c1cccnc1C1(C(=O)NCc2ncc(Nc3ccc(Cl)cc3C(F)(F)F)cc2F)CCOC1. The second-order valence-corrected chi connectivity index (χ2v) is 8.73. The van der Waals surface area contributed by atoms with E-state index < -0.39 is 34.8 Å². The normalized spacial score (nSPS) is 17.4. The van der Waals surface area contributed by atoms with Crippen LogP contribution in [0, 0.1) is 5.82 Å². The first-order valence-corrected chi connectivity index (χ1v) is 11.3. The molecule has 4 N–H and O–H groups in total. The number of hydrogen-bond acceptors (Lipinski definition) is 6. The molecule has 8 nitrogen and oxygen atoms in total. The summed E-state index contributed by atoms with van der Waals surface area (Å²) in [7, 11) is 0. The fourth-order valence-corrected chi connectivity index (χ4v) is 4.21. The molecule has 13 heteroatoms. The van der Waals surface area contributed by atoms with Gasteiger partial charge in [0.15, 0.2) is 0 Å². The van der Waals surface area contributed by atoms with Crippen molar-refractivity contribution in [2.45, 2.75) is 24.6 Å². The first-order chi connectivity index (χ1) is 17.5. The molecule has 0 saturated carbocycles. The highest BCUT2D eigenvalue weighted by Gasteiger charge is 2.47. The van der Waals surface area contributed by atoms with E-state index in [0.29, 0.717) is 0 Å². The molecule has 194 valence electrons. The number of amides is 2. The summed E-state index contributed by atoms with van der Waals surface area (Å²) in [5, 5.41) is 4.98. The first kappa shape index (κ1) is 26.3. The van der Waals surface area contributed by atoms with Crippen molar-refractivity contribution in [2.24, 2.45) is 5.73 Å². The Kier molecular flexibility index (Phi) is 7.32. The number of nitrogens with zero attached hydrogens (tertiary/aromatic N) is 2. The van der Waals surface area contributed by atoms with Crippen molar-refractivity contribution in [1.82, 2.24) is 15.3 Å². The van der Waals surface area contributed by atoms with Gasteiger partial charge in [0.05, 0.1) is 53.2 Å². The molecule has 1 aromatic carbocycles. The van der Waals surface area contributed by atoms with Gasteiger partial charge in [-0.3, -0.25) is 19.6 Å². The van der Waals surface area contributed by atoms with Gasteiger partial charge in [0.25, 0.3) is 5.91 Å². The number of alkyl halides is 3. The minimum atomic E-state index is -4.69. The van der Waals surface area contributed by atoms with E-state index in [1.54, 1.807) is 0 Å². The van der Waals surface area contributed by atoms with Crippen molar-refractivity contribution in [2.75, 3.05) is 18.5 Å². The number of nitrogens with one attached hydrogen (secondary N) is 2. The van der Waals surface area contributed by atoms with Crippen LogP contribution < -0.4 is 16.4 Å². The number of anilines is 2. The predicted octanol–water partition coefficient (Wildman–Crippen LogP) is 4.10. The quantitative estimate of drug-likeness (QED) is 0.390. The summed E-state index contributed by atoms with van der Waals surface area (Å²) in [6.45, 7) is -0.155. The number of benzene rings is 1. The Morgan fingerprint density at radius 3 is 2.62 bits per heavy atom. The molecule has 2 aromatic heterocycles. The van der Waals surface area contributed by atoms with E-state index in [2.05, 4.69) is 20.6 Å². The minimum absolute atomic E-state index is 0.0411. The molecule has 2 amide bonds. The van der Waals surface area contributed by atoms with Crippen LogP contribution in [0.15, 0.2) is 48.8 Å². The number of pyridine rings is 2. The molecule has 3 heterocycles. The van der Waals surface area contributed by atoms with Crippen LogP contribution in [0.3, 0.4) is 0 Å². The molecular formula is C24H20ClF4N5O3. The minimum Gasteiger partial charge on any atom is -0.380 e. The van der Waals surface area contributed by atoms with Crippen molar-refractivity contribution in [1.29, 1.82) is 0 Å². The first-order valence-electron chi connectivity index (χ1n) is 10.9. The van der Waals surface area contributed by atoms with Gasteiger partial charge in [-0.25, -0.2) is 4.39 Å². The molecule has 1 atom stereocenters. The maximum atomic E-state index is 14.8. The fraction of sp³-hybridized carbons (Fsp3) is 0.250. The average molecular weight is 538 g/mol. The maximum Gasteiger partial charge on any atom is 0.418 e. The van der Waals surface area contributed by atoms with Gasteiger partial charge in [-0.05, 0) is 36.8 Å². The number of carbonyl (C=O) groups excluding carboxylic acids is 2. The number of carbonyl (C=O) groups is 2. The monoisotopic (exact) mass is 537 g/mol. The third kappa shape index (κ3) is 5.49. The van der Waals surface area contributed by atoms with Crippen LogP contribution in [0.1, 0.15) is 33.7 Å². The Balaban J connectivity index is 1.52. The van der Waals surface area contributed by atoms with Crippen molar-refractivity contribution < 1.29 is 31.9 Å². The van der Waals surface area contributed by atoms with Gasteiger partial charge in [0, 0.05) is 23.9 Å². The lowest BCUT2D eigenvalue weighted by Gasteiger charge is -2.27. The van der Waals surface area contributed by atoms with Crippen LogP contribution in [-0.2, 0) is 27.7 Å². The van der Waals surface area contributed by atoms with Gasteiger partial charge >= 0.3 is 6.18 Å². The summed E-state index contributed by atoms with van der Waals surface area (Å²) >= 11 is 5.68. The Labute approximate surface area is 213 Å². The van der Waals surface area contributed by atoms with Crippen LogP contribution in [0.4, 0.5) is 28.9 Å². The van der Waals surface area contributed by atoms with E-state index in [4.69, 9.17) is 22.1 Å². The fourth-order valence-electron chi connectivity index (χ4n) is 4.04. The zero-order valence-corrected chi connectivity index (χ0v) is 19.8. The maximum absolute atomic E-state index is 14.8. The number of halogens is 5. The summed E-state index contributed by atoms with van der Waals surface area (Å²) < 4.78 is 60.2. The molecule has 3 aromatic rings. The van der Waals surface area contributed by atoms with Gasteiger partial charge in [-0.1, -0.05) is 11.6 Å². The lowest BCUT2D eigenvalue weighted by Crippen LogP contribution is -2.46. The average Bonchev–Trinajstić information content (AvgIpc) is 3.35. The van der Waals surface area contributed by atoms with Crippen LogP contribution in [-0.4, -0.2) is 35.0 Å². The number of rotatable bonds is 7. The number of aromatic nitrogens is 2. The summed E-state index contributed by atoms with van der Waals surface area (Å²) in [4.78, 5) is 33.3. The van der Waals surface area contributed by atoms with E-state index in [9.17, 15) is 27.2 Å². The lowest BCUT2D eigenvalue weighted by atomic mass is 9.80. The van der Waals surface area contributed by atoms with Crippen molar-refractivity contribution in [3.05, 3.63) is 82.1 Å². The summed E-state index contributed by atoms with van der Waals surface area (Å²) in [6.07, 6.45) is -1.91. The van der Waals surface area contributed by atoms with Gasteiger partial charge in [-0.2, -0.15) is 13.2 Å². The second kappa shape index (κ2) is 10.3. The summed E-state index contributed by atoms with van der Waals surface area (Å²) in [5.74, 6) is -2.18. The highest BCUT2D eigenvalue weighted by atomic mass is 35.5. The molecule has 1 unspecified atom stereocenters. The van der Waals surface area contributed by atoms with E-state index in [1.165, 1.54) is 24.4 Å². The van der Waals surface area contributed by atoms with E-state index in [-0.39, 0.29) is 59.5 Å². The molecule has 1 aliphatic heterocycles. The van der Waals surface area contributed by atoms with Gasteiger partial charge in [-0.15, -0.1) is 0 Å². The molecular weight excluding hydrogens is 518 g/mol. The topological polar surface area (TPSA) is 119 Å². The van der Waals surface area contributed by atoms with Crippen molar-refractivity contribution >= 4 is 34.8 Å². The predicted molar refractivity (Wildman–Crippen MR) is 126 cm³/mol. The third-order valence-corrected chi connectivity index (χ3v) is 6.12. The Morgan fingerprint density at radius 2 is 1.97 bits per heavy atom. The van der Waals surface area contributed by atoms with E-state index >= 15 is 0 Å². The molecule has 1 saturated heterocycles. The zero-order chi connectivity index (χ0) is 26.8. The standard InChI is InChI=1S/C24H20ClF4N5O3/c25-13-3-4-18(16(8-13)24(27,28)29)34-14-9-17(26)19(32-10-14)11-33-22(36)23(5-7-37-12-23)20-15(21(30)35)2-1-6-31-20/h1-4,6,8-10,34H,5,7,11-12H2,(H2,30,35)(H,33,36). The molecule has 4 rings (SSSR count). The molecule has 0 spiro atoms. The van der Waals surface area contributed by atoms with Gasteiger partial charge < -0.3 is 21.1 Å². The molecule has 0 aliphatic carbocycles. The number of ether oxygens (including phenoxy) is 1. The zero-order valence-electron chi connectivity index (χ0n) is 19.0. The molecule has 0 bridgehead atoms. The highest BCUT2D eigenvalue weighted by Crippen LogP contribution is 2.38. The van der Waals surface area contributed by atoms with Gasteiger partial charge in [0.2, 0.25) is 5.91 Å². The molecule has 0 radical (unpaired) electrons. The Hall–Kier alpha value is -3.77. The molecule has 1 fully saturated rings. The van der Waals surface area contributed by atoms with Crippen molar-refractivity contribution in [3.63, 3.8) is 0 Å². The smallest absolute Gasteiger partial charge is 0.380 e. The van der Waals surface area contributed by atoms with Crippen LogP contribution >= 0.6 is 11.6 Å². The van der Waals surface area contributed by atoms with Gasteiger partial charge in [0.1, 0.15) is 11.2 Å². The number of hydrogen-bond donors (Lipinski definition) is 3. The van der Waals surface area contributed by atoms with Crippen LogP contribution in [0.25, 0.3) is 0 Å². The molecule has 37 heavy (non-hydrogen) atoms. The number of primary amides is 1. The third-order valence-electron chi connectivity index (χ3n) is 5.88. The van der Waals surface area contributed by atoms with E-state index in [0.717, 1.165) is 24.4 Å². The van der Waals surface area contributed by atoms with Crippen molar-refractivity contribution in [3.8, 4) is 0 Å². The van der Waals surface area contributed by atoms with Crippen LogP contribution in [0.2, 0.25) is 5.02 Å².